The maximum atomic E-state index is 13.4. The van der Waals surface area contributed by atoms with E-state index in [9.17, 15) is 8.78 Å². The van der Waals surface area contributed by atoms with Crippen molar-refractivity contribution in [2.45, 2.75) is 6.92 Å². The summed E-state index contributed by atoms with van der Waals surface area (Å²) in [5, 5.41) is 0. The number of benzene rings is 1. The molecule has 0 atom stereocenters. The fourth-order valence-electron chi connectivity index (χ4n) is 1.36. The molecule has 0 amide bonds. The molecule has 0 aliphatic heterocycles. The summed E-state index contributed by atoms with van der Waals surface area (Å²) in [6, 6.07) is 5.67. The Labute approximate surface area is 80.0 Å². The largest absolute Gasteiger partial charge is 0.464 e. The monoisotopic (exact) mass is 194 g/mol. The van der Waals surface area contributed by atoms with Crippen LogP contribution in [0, 0.1) is 18.6 Å². The fraction of sp³-hybridized carbons (Fsp3) is 0.0909. The van der Waals surface area contributed by atoms with E-state index in [-0.39, 0.29) is 11.3 Å². The summed E-state index contributed by atoms with van der Waals surface area (Å²) in [6.45, 7) is 1.64. The first-order valence-electron chi connectivity index (χ1n) is 4.18. The molecule has 1 aromatic heterocycles. The van der Waals surface area contributed by atoms with Crippen LogP contribution in [0.5, 0.6) is 0 Å². The highest BCUT2D eigenvalue weighted by atomic mass is 19.1. The highest BCUT2D eigenvalue weighted by Crippen LogP contribution is 2.27. The Hall–Kier alpha value is -1.64. The first kappa shape index (κ1) is 8.94. The number of halogens is 2. The van der Waals surface area contributed by atoms with Gasteiger partial charge < -0.3 is 4.42 Å². The summed E-state index contributed by atoms with van der Waals surface area (Å²) in [4.78, 5) is 0. The Bertz CT molecular complexity index is 423. The van der Waals surface area contributed by atoms with Crippen molar-refractivity contribution < 1.29 is 13.2 Å². The van der Waals surface area contributed by atoms with Gasteiger partial charge in [-0.15, -0.1) is 0 Å². The average Bonchev–Trinajstić information content (AvgIpc) is 2.54. The van der Waals surface area contributed by atoms with Gasteiger partial charge in [-0.1, -0.05) is 0 Å². The molecule has 2 aromatic rings. The minimum absolute atomic E-state index is 0.111. The van der Waals surface area contributed by atoms with Gasteiger partial charge in [0.05, 0.1) is 11.8 Å². The standard InChI is InChI=1S/C11H8F2O/c1-7-5-8(12)11(9(13)6-7)10-3-2-4-14-10/h2-6H,1H3. The topological polar surface area (TPSA) is 13.1 Å². The van der Waals surface area contributed by atoms with Crippen LogP contribution in [0.25, 0.3) is 11.3 Å². The minimum atomic E-state index is -0.600. The lowest BCUT2D eigenvalue weighted by Gasteiger charge is -2.02. The second-order valence-electron chi connectivity index (χ2n) is 3.08. The molecule has 0 saturated heterocycles. The van der Waals surface area contributed by atoms with E-state index in [2.05, 4.69) is 0 Å². The summed E-state index contributed by atoms with van der Waals surface area (Å²) in [5.41, 5.74) is 0.441. The Balaban J connectivity index is 2.64. The number of hydrogen-bond donors (Lipinski definition) is 0. The van der Waals surface area contributed by atoms with Gasteiger partial charge in [-0.25, -0.2) is 8.78 Å². The van der Waals surface area contributed by atoms with E-state index in [1.807, 2.05) is 0 Å². The predicted molar refractivity (Wildman–Crippen MR) is 48.8 cm³/mol. The second kappa shape index (κ2) is 3.25. The summed E-state index contributed by atoms with van der Waals surface area (Å²) in [6.07, 6.45) is 1.38. The lowest BCUT2D eigenvalue weighted by molar-refractivity contribution is 0.547. The van der Waals surface area contributed by atoms with E-state index < -0.39 is 11.6 Å². The molecule has 0 unspecified atom stereocenters. The van der Waals surface area contributed by atoms with Gasteiger partial charge in [0.15, 0.2) is 0 Å². The number of rotatable bonds is 1. The quantitative estimate of drug-likeness (QED) is 0.676. The molecule has 0 N–H and O–H groups in total. The second-order valence-corrected chi connectivity index (χ2v) is 3.08. The Morgan fingerprint density at radius 1 is 1.14 bits per heavy atom. The molecule has 1 heterocycles. The van der Waals surface area contributed by atoms with Crippen molar-refractivity contribution in [3.63, 3.8) is 0 Å². The number of aryl methyl sites for hydroxylation is 1. The van der Waals surface area contributed by atoms with Crippen molar-refractivity contribution in [2.75, 3.05) is 0 Å². The molecule has 2 rings (SSSR count). The lowest BCUT2D eigenvalue weighted by atomic mass is 10.1. The molecular weight excluding hydrogens is 186 g/mol. The van der Waals surface area contributed by atoms with Gasteiger partial charge in [-0.2, -0.15) is 0 Å². The van der Waals surface area contributed by atoms with Crippen LogP contribution in [0.2, 0.25) is 0 Å². The molecule has 0 bridgehead atoms. The molecule has 72 valence electrons. The first-order valence-corrected chi connectivity index (χ1v) is 4.18. The molecule has 0 fully saturated rings. The molecule has 0 aliphatic carbocycles. The van der Waals surface area contributed by atoms with E-state index in [1.165, 1.54) is 24.5 Å². The van der Waals surface area contributed by atoms with E-state index in [0.29, 0.717) is 5.56 Å². The molecule has 3 heteroatoms. The first-order chi connectivity index (χ1) is 6.68. The maximum Gasteiger partial charge on any atom is 0.139 e. The molecule has 0 saturated carbocycles. The van der Waals surface area contributed by atoms with Crippen LogP contribution < -0.4 is 0 Å². The SMILES string of the molecule is Cc1cc(F)c(-c2ccco2)c(F)c1. The van der Waals surface area contributed by atoms with Crippen molar-refractivity contribution in [1.82, 2.24) is 0 Å². The molecule has 0 aliphatic rings. The van der Waals surface area contributed by atoms with Gasteiger partial charge in [-0.3, -0.25) is 0 Å². The highest BCUT2D eigenvalue weighted by Gasteiger charge is 2.13. The molecule has 1 aromatic carbocycles. The van der Waals surface area contributed by atoms with Crippen molar-refractivity contribution in [1.29, 1.82) is 0 Å². The lowest BCUT2D eigenvalue weighted by Crippen LogP contribution is -1.90. The third-order valence-electron chi connectivity index (χ3n) is 1.95. The van der Waals surface area contributed by atoms with Gasteiger partial charge >= 0.3 is 0 Å². The zero-order valence-corrected chi connectivity index (χ0v) is 7.55. The predicted octanol–water partition coefficient (Wildman–Crippen LogP) is 3.53. The summed E-state index contributed by atoms with van der Waals surface area (Å²) < 4.78 is 31.7. The van der Waals surface area contributed by atoms with Gasteiger partial charge in [0.25, 0.3) is 0 Å². The van der Waals surface area contributed by atoms with Crippen LogP contribution in [0.1, 0.15) is 5.56 Å². The molecular formula is C11H8F2O. The fourth-order valence-corrected chi connectivity index (χ4v) is 1.36. The summed E-state index contributed by atoms with van der Waals surface area (Å²) in [7, 11) is 0. The van der Waals surface area contributed by atoms with Gasteiger partial charge in [-0.05, 0) is 36.8 Å². The third-order valence-corrected chi connectivity index (χ3v) is 1.95. The van der Waals surface area contributed by atoms with Crippen LogP contribution in [0.3, 0.4) is 0 Å². The summed E-state index contributed by atoms with van der Waals surface area (Å²) in [5.74, 6) is -0.991. The van der Waals surface area contributed by atoms with Crippen LogP contribution in [0.15, 0.2) is 34.9 Å². The van der Waals surface area contributed by atoms with E-state index in [1.54, 1.807) is 13.0 Å². The number of hydrogen-bond acceptors (Lipinski definition) is 1. The van der Waals surface area contributed by atoms with E-state index >= 15 is 0 Å². The van der Waals surface area contributed by atoms with Crippen LogP contribution in [-0.2, 0) is 0 Å². The van der Waals surface area contributed by atoms with Crippen molar-refractivity contribution in [2.24, 2.45) is 0 Å². The van der Waals surface area contributed by atoms with Gasteiger partial charge in [0.2, 0.25) is 0 Å². The Morgan fingerprint density at radius 3 is 2.29 bits per heavy atom. The van der Waals surface area contributed by atoms with Crippen molar-refractivity contribution in [3.8, 4) is 11.3 Å². The maximum absolute atomic E-state index is 13.4. The highest BCUT2D eigenvalue weighted by molar-refractivity contribution is 5.59. The zero-order valence-electron chi connectivity index (χ0n) is 7.55. The number of furan rings is 1. The Kier molecular flexibility index (Phi) is 2.08. The van der Waals surface area contributed by atoms with E-state index in [0.717, 1.165) is 0 Å². The van der Waals surface area contributed by atoms with Gasteiger partial charge in [0.1, 0.15) is 17.4 Å². The normalized spacial score (nSPS) is 10.5. The van der Waals surface area contributed by atoms with Crippen LogP contribution in [-0.4, -0.2) is 0 Å². The van der Waals surface area contributed by atoms with Crippen LogP contribution >= 0.6 is 0 Å². The van der Waals surface area contributed by atoms with Crippen molar-refractivity contribution >= 4 is 0 Å². The molecule has 0 radical (unpaired) electrons. The smallest absolute Gasteiger partial charge is 0.139 e. The van der Waals surface area contributed by atoms with Crippen LogP contribution in [0.4, 0.5) is 8.78 Å². The molecule has 14 heavy (non-hydrogen) atoms. The Morgan fingerprint density at radius 2 is 1.79 bits per heavy atom. The average molecular weight is 194 g/mol. The van der Waals surface area contributed by atoms with E-state index in [4.69, 9.17) is 4.42 Å². The molecule has 0 spiro atoms. The van der Waals surface area contributed by atoms with Gasteiger partial charge in [0, 0.05) is 0 Å². The third kappa shape index (κ3) is 1.41. The van der Waals surface area contributed by atoms with Crippen molar-refractivity contribution in [3.05, 3.63) is 47.7 Å². The molecule has 1 nitrogen and oxygen atoms in total. The summed E-state index contributed by atoms with van der Waals surface area (Å²) >= 11 is 0. The zero-order chi connectivity index (χ0) is 10.1. The minimum Gasteiger partial charge on any atom is -0.464 e.